The molecule has 0 aromatic rings. The normalized spacial score (nSPS) is 23.8. The van der Waals surface area contributed by atoms with Gasteiger partial charge in [0.15, 0.2) is 0 Å². The van der Waals surface area contributed by atoms with Crippen LogP contribution in [-0.4, -0.2) is 45.8 Å². The number of aliphatic hydroxyl groups is 4. The number of rotatable bonds is 3. The molecule has 0 aromatic carbocycles. The summed E-state index contributed by atoms with van der Waals surface area (Å²) in [6.45, 7) is -2.41. The van der Waals surface area contributed by atoms with Crippen LogP contribution in [0.3, 0.4) is 0 Å². The van der Waals surface area contributed by atoms with Gasteiger partial charge in [-0.1, -0.05) is 0 Å². The highest BCUT2D eigenvalue weighted by Gasteiger charge is 2.12. The van der Waals surface area contributed by atoms with Gasteiger partial charge in [0, 0.05) is 0 Å². The molecular weight excluding hydrogens is 112 g/mol. The Balaban J connectivity index is 3.58. The Kier molecular flexibility index (Phi) is 2.83. The van der Waals surface area contributed by atoms with E-state index in [1.165, 1.54) is 0 Å². The minimum atomic E-state index is -1.76. The maximum atomic E-state index is 8.55. The molecule has 0 rings (SSSR count). The molecule has 4 N–H and O–H groups in total. The number of hydrogen-bond donors (Lipinski definition) is 4. The largest absolute Gasteiger partial charge is 0.394 e. The summed E-state index contributed by atoms with van der Waals surface area (Å²) in [6, 6.07) is 0. The summed E-state index contributed by atoms with van der Waals surface area (Å²) in [7, 11) is 0. The van der Waals surface area contributed by atoms with Gasteiger partial charge in [-0.15, -0.1) is 0 Å². The molecule has 8 heavy (non-hydrogen) atoms. The quantitative estimate of drug-likeness (QED) is 0.340. The average Bonchev–Trinajstić information content (AvgIpc) is 1.84. The Morgan fingerprint density at radius 3 is 1.88 bits per heavy atom. The van der Waals surface area contributed by atoms with Crippen molar-refractivity contribution in [3.8, 4) is 0 Å². The fourth-order valence-electron chi connectivity index (χ4n) is 0.207. The minimum Gasteiger partial charge on any atom is -0.394 e. The molecule has 0 aromatic heterocycles. The van der Waals surface area contributed by atoms with Crippen molar-refractivity contribution in [3.05, 3.63) is 0 Å². The van der Waals surface area contributed by atoms with Gasteiger partial charge in [-0.2, -0.15) is 0 Å². The van der Waals surface area contributed by atoms with E-state index in [2.05, 4.69) is 0 Å². The van der Waals surface area contributed by atoms with Crippen LogP contribution < -0.4 is 0 Å². The lowest BCUT2D eigenvalue weighted by molar-refractivity contribution is -0.0388. The van der Waals surface area contributed by atoms with Crippen LogP contribution in [-0.2, 0) is 0 Å². The minimum absolute atomic E-state index is 0.656. The fraction of sp³-hybridized carbons (Fsp3) is 1.00. The molecule has 4 nitrogen and oxygen atoms in total. The maximum absolute atomic E-state index is 8.55. The first kappa shape index (κ1) is 5.97. The van der Waals surface area contributed by atoms with Gasteiger partial charge in [0.2, 0.25) is 0 Å². The predicted octanol–water partition coefficient (Wildman–Crippen LogP) is -2.31. The van der Waals surface area contributed by atoms with Gasteiger partial charge >= 0.3 is 0 Å². The molecule has 0 fully saturated rings. The van der Waals surface area contributed by atoms with Crippen molar-refractivity contribution < 1.29 is 21.8 Å². The Morgan fingerprint density at radius 2 is 1.75 bits per heavy atom. The van der Waals surface area contributed by atoms with E-state index in [0.29, 0.717) is 0 Å². The van der Waals surface area contributed by atoms with Crippen molar-refractivity contribution in [1.82, 2.24) is 0 Å². The van der Waals surface area contributed by atoms with Crippen LogP contribution in [0.25, 0.3) is 0 Å². The molecule has 0 saturated heterocycles. The lowest BCUT2D eigenvalue weighted by atomic mass is 10.2. The van der Waals surface area contributed by atoms with Crippen LogP contribution in [0.1, 0.15) is 1.37 Å². The third-order valence-corrected chi connectivity index (χ3v) is 0.734. The van der Waals surface area contributed by atoms with E-state index in [9.17, 15) is 0 Å². The summed E-state index contributed by atoms with van der Waals surface area (Å²) < 4.78 is 6.45. The van der Waals surface area contributed by atoms with E-state index in [-0.39, 0.29) is 0 Å². The Hall–Kier alpha value is -0.160. The molecule has 50 valence electrons. The van der Waals surface area contributed by atoms with Crippen molar-refractivity contribution in [1.29, 1.82) is 0 Å². The van der Waals surface area contributed by atoms with E-state index >= 15 is 0 Å². The maximum Gasteiger partial charge on any atom is 0.105 e. The third-order valence-electron chi connectivity index (χ3n) is 0.734. The molecule has 0 amide bonds. The first-order valence-electron chi connectivity index (χ1n) is 2.74. The van der Waals surface area contributed by atoms with Crippen LogP contribution in [0, 0.1) is 0 Å². The molecule has 3 atom stereocenters. The molecular formula is C4H10O4. The van der Waals surface area contributed by atoms with Gasteiger partial charge in [0.05, 0.1) is 14.6 Å². The van der Waals surface area contributed by atoms with Crippen molar-refractivity contribution in [2.45, 2.75) is 12.2 Å². The van der Waals surface area contributed by atoms with Crippen molar-refractivity contribution in [2.75, 3.05) is 13.2 Å². The zero-order valence-electron chi connectivity index (χ0n) is 5.23. The van der Waals surface area contributed by atoms with E-state index < -0.39 is 25.4 Å². The van der Waals surface area contributed by atoms with Crippen LogP contribution in [0.2, 0.25) is 0 Å². The van der Waals surface area contributed by atoms with Crippen LogP contribution in [0.4, 0.5) is 0 Å². The summed E-state index contributed by atoms with van der Waals surface area (Å²) in [4.78, 5) is 0. The highest BCUT2D eigenvalue weighted by Crippen LogP contribution is 1.88. The third kappa shape index (κ3) is 2.23. The Morgan fingerprint density at radius 1 is 1.25 bits per heavy atom. The highest BCUT2D eigenvalue weighted by molar-refractivity contribution is 4.62. The molecule has 0 radical (unpaired) electrons. The molecule has 0 saturated carbocycles. The van der Waals surface area contributed by atoms with Gasteiger partial charge in [-0.3, -0.25) is 0 Å². The molecule has 0 aliphatic heterocycles. The lowest BCUT2D eigenvalue weighted by Gasteiger charge is -2.10. The van der Waals surface area contributed by atoms with Gasteiger partial charge in [0.1, 0.15) is 12.2 Å². The lowest BCUT2D eigenvalue weighted by Crippen LogP contribution is -2.31. The Bertz CT molecular complexity index is 77.0. The molecule has 0 bridgehead atoms. The number of hydrogen-bond acceptors (Lipinski definition) is 4. The Labute approximate surface area is 48.4 Å². The zero-order chi connectivity index (χ0) is 7.44. The van der Waals surface area contributed by atoms with Gasteiger partial charge in [-0.25, -0.2) is 0 Å². The molecule has 0 aliphatic rings. The first-order valence-corrected chi connectivity index (χ1v) is 2.17. The van der Waals surface area contributed by atoms with Gasteiger partial charge < -0.3 is 20.4 Å². The summed E-state index contributed by atoms with van der Waals surface area (Å²) in [6.07, 6.45) is -3.02. The summed E-state index contributed by atoms with van der Waals surface area (Å²) in [5, 5.41) is 33.5. The monoisotopic (exact) mass is 123 g/mol. The van der Waals surface area contributed by atoms with Gasteiger partial charge in [0.25, 0.3) is 0 Å². The van der Waals surface area contributed by atoms with Crippen molar-refractivity contribution >= 4 is 0 Å². The average molecular weight is 123 g/mol. The van der Waals surface area contributed by atoms with Crippen LogP contribution >= 0.6 is 0 Å². The van der Waals surface area contributed by atoms with Crippen LogP contribution in [0.5, 0.6) is 0 Å². The zero-order valence-corrected chi connectivity index (χ0v) is 4.23. The smallest absolute Gasteiger partial charge is 0.105 e. The summed E-state index contributed by atoms with van der Waals surface area (Å²) in [5.74, 6) is 0. The summed E-state index contributed by atoms with van der Waals surface area (Å²) in [5.41, 5.74) is 0. The SMILES string of the molecule is [2H]C(O)[C@H](O)[C@H](O)CO. The van der Waals surface area contributed by atoms with E-state index in [1.807, 2.05) is 0 Å². The topological polar surface area (TPSA) is 80.9 Å². The molecule has 0 aliphatic carbocycles. The van der Waals surface area contributed by atoms with Crippen LogP contribution in [0.15, 0.2) is 0 Å². The second kappa shape index (κ2) is 3.80. The molecule has 0 spiro atoms. The number of aliphatic hydroxyl groups excluding tert-OH is 4. The van der Waals surface area contributed by atoms with E-state index in [1.54, 1.807) is 0 Å². The fourth-order valence-corrected chi connectivity index (χ4v) is 0.207. The first-order chi connectivity index (χ1) is 4.09. The van der Waals surface area contributed by atoms with Crippen molar-refractivity contribution in [3.63, 3.8) is 0 Å². The molecule has 0 heterocycles. The van der Waals surface area contributed by atoms with Crippen molar-refractivity contribution in [2.24, 2.45) is 0 Å². The molecule has 1 unspecified atom stereocenters. The molecule has 4 heteroatoms. The standard InChI is InChI=1S/C4H10O4/c5-1-3(7)4(8)2-6/h3-8H,1-2H2/t3-,4+/i1D/t1?,3-,4+/m0/s1. The van der Waals surface area contributed by atoms with E-state index in [4.69, 9.17) is 21.8 Å². The summed E-state index contributed by atoms with van der Waals surface area (Å²) >= 11 is 0. The highest BCUT2D eigenvalue weighted by atomic mass is 16.4. The van der Waals surface area contributed by atoms with Gasteiger partial charge in [-0.05, 0) is 0 Å². The van der Waals surface area contributed by atoms with E-state index in [0.717, 1.165) is 0 Å². The second-order valence-corrected chi connectivity index (χ2v) is 1.39. The predicted molar refractivity (Wildman–Crippen MR) is 26.2 cm³/mol. The second-order valence-electron chi connectivity index (χ2n) is 1.39.